The van der Waals surface area contributed by atoms with Crippen molar-refractivity contribution in [3.05, 3.63) is 41.5 Å². The number of hydrogen-bond donors (Lipinski definition) is 1. The van der Waals surface area contributed by atoms with E-state index in [1.165, 1.54) is 0 Å². The van der Waals surface area contributed by atoms with E-state index in [1.54, 1.807) is 0 Å². The van der Waals surface area contributed by atoms with Gasteiger partial charge in [0.25, 0.3) is 0 Å². The van der Waals surface area contributed by atoms with E-state index in [1.807, 2.05) is 24.3 Å². The highest BCUT2D eigenvalue weighted by Gasteiger charge is 2.33. The van der Waals surface area contributed by atoms with Crippen molar-refractivity contribution in [3.63, 3.8) is 0 Å². The van der Waals surface area contributed by atoms with Gasteiger partial charge in [0.1, 0.15) is 0 Å². The van der Waals surface area contributed by atoms with Crippen LogP contribution in [0.4, 0.5) is 5.69 Å². The highest BCUT2D eigenvalue weighted by atomic mass is 16.5. The molecule has 2 heterocycles. The monoisotopic (exact) mass is 328 g/mol. The Morgan fingerprint density at radius 1 is 1.42 bits per heavy atom. The molecule has 1 aromatic heterocycles. The van der Waals surface area contributed by atoms with Gasteiger partial charge >= 0.3 is 0 Å². The Labute approximate surface area is 142 Å². The lowest BCUT2D eigenvalue weighted by Gasteiger charge is -2.39. The van der Waals surface area contributed by atoms with Crippen molar-refractivity contribution in [2.75, 3.05) is 4.90 Å². The third kappa shape index (κ3) is 3.27. The molecular formula is C18H24N4O2. The van der Waals surface area contributed by atoms with Gasteiger partial charge in [-0.1, -0.05) is 37.2 Å². The Hall–Kier alpha value is -2.37. The summed E-state index contributed by atoms with van der Waals surface area (Å²) in [6.07, 6.45) is 1.48. The van der Waals surface area contributed by atoms with Crippen molar-refractivity contribution in [1.82, 2.24) is 10.1 Å². The fraction of sp³-hybridized carbons (Fsp3) is 0.500. The normalized spacial score (nSPS) is 20.2. The molecule has 24 heavy (non-hydrogen) atoms. The zero-order valence-electron chi connectivity index (χ0n) is 14.4. The van der Waals surface area contributed by atoms with Crippen molar-refractivity contribution >= 4 is 11.6 Å². The first-order valence-electron chi connectivity index (χ1n) is 8.42. The van der Waals surface area contributed by atoms with E-state index in [2.05, 4.69) is 35.8 Å². The van der Waals surface area contributed by atoms with Gasteiger partial charge in [0.2, 0.25) is 11.8 Å². The molecule has 6 heteroatoms. The van der Waals surface area contributed by atoms with Gasteiger partial charge < -0.3 is 15.2 Å². The molecule has 0 unspecified atom stereocenters. The lowest BCUT2D eigenvalue weighted by Crippen LogP contribution is -2.41. The number of nitrogens with zero attached hydrogens (tertiary/aromatic N) is 3. The van der Waals surface area contributed by atoms with Crippen LogP contribution in [-0.4, -0.2) is 22.1 Å². The summed E-state index contributed by atoms with van der Waals surface area (Å²) in [7, 11) is 0. The zero-order valence-corrected chi connectivity index (χ0v) is 14.4. The number of aromatic nitrogens is 2. The van der Waals surface area contributed by atoms with E-state index >= 15 is 0 Å². The van der Waals surface area contributed by atoms with Crippen LogP contribution in [0.1, 0.15) is 50.4 Å². The third-order valence-corrected chi connectivity index (χ3v) is 4.48. The minimum absolute atomic E-state index is 0.171. The maximum Gasteiger partial charge on any atom is 0.226 e. The minimum atomic E-state index is -0.271. The van der Waals surface area contributed by atoms with Gasteiger partial charge in [-0.25, -0.2) is 0 Å². The number of para-hydroxylation sites is 1. The highest BCUT2D eigenvalue weighted by molar-refractivity contribution is 5.85. The van der Waals surface area contributed by atoms with Crippen LogP contribution in [0.25, 0.3) is 0 Å². The Morgan fingerprint density at radius 3 is 2.88 bits per heavy atom. The second-order valence-electron chi connectivity index (χ2n) is 6.93. The van der Waals surface area contributed by atoms with Gasteiger partial charge in [0, 0.05) is 18.2 Å². The molecule has 3 rings (SSSR count). The molecule has 2 N–H and O–H groups in total. The summed E-state index contributed by atoms with van der Waals surface area (Å²) in [6.45, 7) is 6.90. The van der Waals surface area contributed by atoms with Crippen LogP contribution in [0.2, 0.25) is 0 Å². The van der Waals surface area contributed by atoms with Crippen molar-refractivity contribution in [3.8, 4) is 0 Å². The third-order valence-electron chi connectivity index (χ3n) is 4.48. The Balaban J connectivity index is 1.86. The summed E-state index contributed by atoms with van der Waals surface area (Å²) in [5.41, 5.74) is 7.60. The van der Waals surface area contributed by atoms with Gasteiger partial charge in [0.05, 0.1) is 12.5 Å². The maximum atomic E-state index is 11.8. The van der Waals surface area contributed by atoms with Crippen LogP contribution in [0.5, 0.6) is 0 Å². The summed E-state index contributed by atoms with van der Waals surface area (Å²) in [5, 5.41) is 4.11. The molecule has 128 valence electrons. The first-order valence-corrected chi connectivity index (χ1v) is 8.42. The maximum absolute atomic E-state index is 11.8. The number of anilines is 1. The van der Waals surface area contributed by atoms with Crippen molar-refractivity contribution < 1.29 is 9.32 Å². The molecular weight excluding hydrogens is 304 g/mol. The fourth-order valence-corrected chi connectivity index (χ4v) is 3.33. The van der Waals surface area contributed by atoms with Gasteiger partial charge in [-0.3, -0.25) is 4.79 Å². The molecule has 0 saturated heterocycles. The summed E-state index contributed by atoms with van der Waals surface area (Å²) in [5.74, 6) is 1.31. The topological polar surface area (TPSA) is 85.3 Å². The van der Waals surface area contributed by atoms with E-state index in [9.17, 15) is 4.79 Å². The minimum Gasteiger partial charge on any atom is -0.369 e. The van der Waals surface area contributed by atoms with Crippen molar-refractivity contribution in [2.45, 2.75) is 52.1 Å². The van der Waals surface area contributed by atoms with Crippen molar-refractivity contribution in [2.24, 2.45) is 11.7 Å². The molecule has 1 aliphatic rings. The van der Waals surface area contributed by atoms with Crippen LogP contribution < -0.4 is 10.6 Å². The first-order chi connectivity index (χ1) is 11.5. The number of primary amides is 1. The lowest BCUT2D eigenvalue weighted by molar-refractivity contribution is -0.119. The van der Waals surface area contributed by atoms with Gasteiger partial charge in [-0.2, -0.15) is 4.98 Å². The second-order valence-corrected chi connectivity index (χ2v) is 6.93. The average Bonchev–Trinajstić information content (AvgIpc) is 2.96. The number of hydrogen-bond acceptors (Lipinski definition) is 5. The number of amides is 1. The number of carbonyl (C=O) groups excluding carboxylic acids is 1. The number of nitrogens with two attached hydrogens (primary N) is 1. The van der Waals surface area contributed by atoms with E-state index in [0.29, 0.717) is 30.6 Å². The largest absolute Gasteiger partial charge is 0.369 e. The molecule has 2 aromatic rings. The van der Waals surface area contributed by atoms with Crippen molar-refractivity contribution in [1.29, 1.82) is 0 Å². The quantitative estimate of drug-likeness (QED) is 0.912. The molecule has 2 atom stereocenters. The predicted octanol–water partition coefficient (Wildman–Crippen LogP) is 2.64. The number of rotatable bonds is 5. The molecule has 1 aliphatic heterocycles. The molecule has 1 aromatic carbocycles. The first kappa shape index (κ1) is 16.5. The highest BCUT2D eigenvalue weighted by Crippen LogP contribution is 2.38. The summed E-state index contributed by atoms with van der Waals surface area (Å²) in [4.78, 5) is 18.5. The average molecular weight is 328 g/mol. The van der Waals surface area contributed by atoms with E-state index < -0.39 is 0 Å². The molecule has 0 bridgehead atoms. The Morgan fingerprint density at radius 2 is 2.17 bits per heavy atom. The molecule has 0 spiro atoms. The Kier molecular flexibility index (Phi) is 4.55. The molecule has 0 saturated carbocycles. The number of carbonyl (C=O) groups is 1. The number of fused-ring (bicyclic) bond motifs is 1. The standard InChI is InChI=1S/C18H24N4O2/c1-11(2)8-17-20-16(21-24-17)10-22-12(3)9-14(18(19)23)13-6-4-5-7-15(13)22/h4-7,11-12,14H,8-10H2,1-3H3,(H2,19,23)/t12-,14-/m1/s1. The summed E-state index contributed by atoms with van der Waals surface area (Å²) < 4.78 is 5.34. The SMILES string of the molecule is CC(C)Cc1nc(CN2c3ccccc3[C@H](C(N)=O)C[C@H]2C)no1. The van der Waals surface area contributed by atoms with Gasteiger partial charge in [-0.15, -0.1) is 0 Å². The van der Waals surface area contributed by atoms with E-state index in [0.717, 1.165) is 17.7 Å². The molecule has 0 radical (unpaired) electrons. The zero-order chi connectivity index (χ0) is 17.3. The second kappa shape index (κ2) is 6.63. The van der Waals surface area contributed by atoms with E-state index in [4.69, 9.17) is 10.3 Å². The van der Waals surface area contributed by atoms with E-state index in [-0.39, 0.29) is 17.9 Å². The van der Waals surface area contributed by atoms with Crippen LogP contribution in [0.3, 0.4) is 0 Å². The fourth-order valence-electron chi connectivity index (χ4n) is 3.33. The van der Waals surface area contributed by atoms with Gasteiger partial charge in [-0.05, 0) is 30.9 Å². The molecule has 6 nitrogen and oxygen atoms in total. The molecule has 0 aliphatic carbocycles. The predicted molar refractivity (Wildman–Crippen MR) is 91.5 cm³/mol. The molecule has 0 fully saturated rings. The van der Waals surface area contributed by atoms with Gasteiger partial charge in [0.15, 0.2) is 5.82 Å². The smallest absolute Gasteiger partial charge is 0.226 e. The summed E-state index contributed by atoms with van der Waals surface area (Å²) >= 11 is 0. The van der Waals surface area contributed by atoms with Crippen LogP contribution in [0, 0.1) is 5.92 Å². The summed E-state index contributed by atoms with van der Waals surface area (Å²) in [6, 6.07) is 8.09. The lowest BCUT2D eigenvalue weighted by atomic mass is 9.85. The van der Waals surface area contributed by atoms with Crippen LogP contribution in [-0.2, 0) is 17.8 Å². The van der Waals surface area contributed by atoms with Crippen LogP contribution in [0.15, 0.2) is 28.8 Å². The van der Waals surface area contributed by atoms with Crippen LogP contribution >= 0.6 is 0 Å². The molecule has 1 amide bonds. The number of benzene rings is 1. The Bertz CT molecular complexity index is 725.